The maximum absolute atomic E-state index is 12.3. The van der Waals surface area contributed by atoms with E-state index in [1.165, 1.54) is 6.07 Å². The van der Waals surface area contributed by atoms with Crippen LogP contribution in [0.5, 0.6) is 11.5 Å². The van der Waals surface area contributed by atoms with E-state index >= 15 is 0 Å². The van der Waals surface area contributed by atoms with Gasteiger partial charge in [0.25, 0.3) is 0 Å². The quantitative estimate of drug-likeness (QED) is 0.882. The summed E-state index contributed by atoms with van der Waals surface area (Å²) in [6.07, 6.45) is 0. The van der Waals surface area contributed by atoms with Crippen LogP contribution in [0.25, 0.3) is 0 Å². The fourth-order valence-electron chi connectivity index (χ4n) is 2.28. The van der Waals surface area contributed by atoms with Gasteiger partial charge in [0, 0.05) is 5.56 Å². The summed E-state index contributed by atoms with van der Waals surface area (Å²) in [4.78, 5) is 0. The Morgan fingerprint density at radius 3 is 2.48 bits per heavy atom. The molecule has 0 aromatic heterocycles. The van der Waals surface area contributed by atoms with Gasteiger partial charge in [-0.1, -0.05) is 30.3 Å². The normalized spacial score (nSPS) is 12.2. The zero-order valence-corrected chi connectivity index (χ0v) is 11.8. The second-order valence-corrected chi connectivity index (χ2v) is 4.41. The summed E-state index contributed by atoms with van der Waals surface area (Å²) < 4.78 is 34.4. The number of ether oxygens (including phenoxy) is 2. The Morgan fingerprint density at radius 2 is 1.81 bits per heavy atom. The van der Waals surface area contributed by atoms with Gasteiger partial charge in [-0.3, -0.25) is 0 Å². The first kappa shape index (κ1) is 15.3. The lowest BCUT2D eigenvalue weighted by Gasteiger charge is -2.20. The maximum Gasteiger partial charge on any atom is 0.387 e. The van der Waals surface area contributed by atoms with E-state index in [-0.39, 0.29) is 11.8 Å². The van der Waals surface area contributed by atoms with Crippen molar-refractivity contribution in [3.8, 4) is 11.5 Å². The average Bonchev–Trinajstić information content (AvgIpc) is 2.48. The van der Waals surface area contributed by atoms with Crippen LogP contribution in [0.3, 0.4) is 0 Å². The number of alkyl halides is 2. The van der Waals surface area contributed by atoms with Crippen LogP contribution in [-0.2, 0) is 0 Å². The SMILES string of the molecule is CNC(c1cccc(OC(F)F)c1)c1ccccc1OC. The number of hydrogen-bond acceptors (Lipinski definition) is 3. The van der Waals surface area contributed by atoms with Gasteiger partial charge in [-0.15, -0.1) is 0 Å². The van der Waals surface area contributed by atoms with Gasteiger partial charge in [0.05, 0.1) is 13.2 Å². The Hall–Kier alpha value is -2.14. The average molecular weight is 293 g/mol. The number of hydrogen-bond donors (Lipinski definition) is 1. The molecule has 0 aliphatic heterocycles. The molecule has 0 fully saturated rings. The second kappa shape index (κ2) is 7.04. The second-order valence-electron chi connectivity index (χ2n) is 4.41. The zero-order chi connectivity index (χ0) is 15.2. The third-order valence-corrected chi connectivity index (χ3v) is 3.16. The molecule has 1 unspecified atom stereocenters. The molecule has 2 aromatic carbocycles. The fraction of sp³-hybridized carbons (Fsp3) is 0.250. The highest BCUT2D eigenvalue weighted by atomic mass is 19.3. The number of benzene rings is 2. The highest BCUT2D eigenvalue weighted by Gasteiger charge is 2.17. The Kier molecular flexibility index (Phi) is 5.11. The van der Waals surface area contributed by atoms with E-state index in [4.69, 9.17) is 4.74 Å². The molecule has 2 aromatic rings. The van der Waals surface area contributed by atoms with Gasteiger partial charge in [-0.2, -0.15) is 8.78 Å². The summed E-state index contributed by atoms with van der Waals surface area (Å²) in [6.45, 7) is -2.83. The van der Waals surface area contributed by atoms with E-state index in [1.807, 2.05) is 30.3 Å². The van der Waals surface area contributed by atoms with E-state index < -0.39 is 6.61 Å². The number of para-hydroxylation sites is 1. The first-order valence-corrected chi connectivity index (χ1v) is 6.50. The van der Waals surface area contributed by atoms with Crippen molar-refractivity contribution in [2.45, 2.75) is 12.7 Å². The third kappa shape index (κ3) is 3.70. The predicted octanol–water partition coefficient (Wildman–Crippen LogP) is 3.61. The summed E-state index contributed by atoms with van der Waals surface area (Å²) in [6, 6.07) is 14.0. The first-order chi connectivity index (χ1) is 10.2. The molecule has 0 aliphatic carbocycles. The van der Waals surface area contributed by atoms with Crippen molar-refractivity contribution < 1.29 is 18.3 Å². The largest absolute Gasteiger partial charge is 0.496 e. The molecule has 0 saturated carbocycles. The molecule has 2 rings (SSSR count). The number of rotatable bonds is 6. The van der Waals surface area contributed by atoms with Crippen LogP contribution in [-0.4, -0.2) is 20.8 Å². The summed E-state index contributed by atoms with van der Waals surface area (Å²) in [5.41, 5.74) is 1.75. The lowest BCUT2D eigenvalue weighted by molar-refractivity contribution is -0.0498. The molecule has 0 heterocycles. The van der Waals surface area contributed by atoms with Crippen molar-refractivity contribution >= 4 is 0 Å². The van der Waals surface area contributed by atoms with Gasteiger partial charge in [-0.05, 0) is 30.8 Å². The summed E-state index contributed by atoms with van der Waals surface area (Å²) in [5.74, 6) is 0.870. The molecular weight excluding hydrogens is 276 g/mol. The van der Waals surface area contributed by atoms with Crippen molar-refractivity contribution in [1.82, 2.24) is 5.32 Å². The third-order valence-electron chi connectivity index (χ3n) is 3.16. The van der Waals surface area contributed by atoms with Gasteiger partial charge in [0.2, 0.25) is 0 Å². The van der Waals surface area contributed by atoms with Crippen molar-refractivity contribution in [2.75, 3.05) is 14.2 Å². The summed E-state index contributed by atoms with van der Waals surface area (Å²) in [7, 11) is 3.40. The number of methoxy groups -OCH3 is 1. The highest BCUT2D eigenvalue weighted by molar-refractivity contribution is 5.43. The van der Waals surface area contributed by atoms with Gasteiger partial charge in [0.15, 0.2) is 0 Å². The molecule has 1 N–H and O–H groups in total. The van der Waals surface area contributed by atoms with Crippen molar-refractivity contribution in [3.63, 3.8) is 0 Å². The number of halogens is 2. The lowest BCUT2D eigenvalue weighted by Crippen LogP contribution is -2.18. The molecule has 0 spiro atoms. The zero-order valence-electron chi connectivity index (χ0n) is 11.8. The van der Waals surface area contributed by atoms with Crippen LogP contribution in [0.15, 0.2) is 48.5 Å². The minimum Gasteiger partial charge on any atom is -0.496 e. The molecule has 0 amide bonds. The highest BCUT2D eigenvalue weighted by Crippen LogP contribution is 2.31. The molecule has 5 heteroatoms. The smallest absolute Gasteiger partial charge is 0.387 e. The van der Waals surface area contributed by atoms with Crippen LogP contribution in [0, 0.1) is 0 Å². The van der Waals surface area contributed by atoms with E-state index in [1.54, 1.807) is 26.3 Å². The van der Waals surface area contributed by atoms with Gasteiger partial charge in [-0.25, -0.2) is 0 Å². The Labute approximate surface area is 122 Å². The van der Waals surface area contributed by atoms with E-state index in [0.717, 1.165) is 16.9 Å². The standard InChI is InChI=1S/C16H17F2NO2/c1-19-15(13-8-3-4-9-14(13)20-2)11-6-5-7-12(10-11)21-16(17)18/h3-10,15-16,19H,1-2H3. The monoisotopic (exact) mass is 293 g/mol. The molecule has 0 aliphatic rings. The van der Waals surface area contributed by atoms with Crippen LogP contribution in [0.2, 0.25) is 0 Å². The molecule has 0 bridgehead atoms. The van der Waals surface area contributed by atoms with E-state index in [2.05, 4.69) is 10.1 Å². The van der Waals surface area contributed by atoms with Crippen molar-refractivity contribution in [1.29, 1.82) is 0 Å². The van der Waals surface area contributed by atoms with E-state index in [9.17, 15) is 8.78 Å². The van der Waals surface area contributed by atoms with Crippen LogP contribution >= 0.6 is 0 Å². The predicted molar refractivity (Wildman–Crippen MR) is 77.0 cm³/mol. The molecule has 0 saturated heterocycles. The maximum atomic E-state index is 12.3. The van der Waals surface area contributed by atoms with Crippen molar-refractivity contribution in [3.05, 3.63) is 59.7 Å². The fourth-order valence-corrected chi connectivity index (χ4v) is 2.28. The first-order valence-electron chi connectivity index (χ1n) is 6.50. The van der Waals surface area contributed by atoms with Crippen LogP contribution in [0.4, 0.5) is 8.78 Å². The van der Waals surface area contributed by atoms with Gasteiger partial charge in [0.1, 0.15) is 11.5 Å². The molecule has 1 atom stereocenters. The summed E-state index contributed by atoms with van der Waals surface area (Å²) in [5, 5.41) is 3.17. The van der Waals surface area contributed by atoms with Gasteiger partial charge >= 0.3 is 6.61 Å². The lowest BCUT2D eigenvalue weighted by atomic mass is 9.98. The van der Waals surface area contributed by atoms with Gasteiger partial charge < -0.3 is 14.8 Å². The Balaban J connectivity index is 2.37. The van der Waals surface area contributed by atoms with Crippen molar-refractivity contribution in [2.24, 2.45) is 0 Å². The van der Waals surface area contributed by atoms with E-state index in [0.29, 0.717) is 0 Å². The minimum atomic E-state index is -2.83. The Bertz CT molecular complexity index is 590. The van der Waals surface area contributed by atoms with Crippen LogP contribution < -0.4 is 14.8 Å². The molecule has 112 valence electrons. The van der Waals surface area contributed by atoms with Crippen LogP contribution in [0.1, 0.15) is 17.2 Å². The minimum absolute atomic E-state index is 0.137. The molecule has 0 radical (unpaired) electrons. The number of nitrogens with one attached hydrogen (secondary N) is 1. The molecule has 3 nitrogen and oxygen atoms in total. The molecule has 21 heavy (non-hydrogen) atoms. The Morgan fingerprint density at radius 1 is 1.05 bits per heavy atom. The topological polar surface area (TPSA) is 30.5 Å². The molecular formula is C16H17F2NO2. The summed E-state index contributed by atoms with van der Waals surface area (Å²) >= 11 is 0.